The van der Waals surface area contributed by atoms with Gasteiger partial charge in [-0.25, -0.2) is 4.79 Å². The summed E-state index contributed by atoms with van der Waals surface area (Å²) in [6.07, 6.45) is -0.0504. The zero-order chi connectivity index (χ0) is 42.8. The van der Waals surface area contributed by atoms with Crippen LogP contribution in [0.15, 0.2) is 109 Å². The Morgan fingerprint density at radius 3 is 1.53 bits per heavy atom. The van der Waals surface area contributed by atoms with E-state index in [-0.39, 0.29) is 32.0 Å². The number of ether oxygens (including phenoxy) is 3. The van der Waals surface area contributed by atoms with Crippen LogP contribution in [0.1, 0.15) is 77.1 Å². The van der Waals surface area contributed by atoms with Crippen molar-refractivity contribution in [3.05, 3.63) is 131 Å². The molecule has 0 unspecified atom stereocenters. The fourth-order valence-electron chi connectivity index (χ4n) is 6.08. The third-order valence-corrected chi connectivity index (χ3v) is 11.6. The van der Waals surface area contributed by atoms with Gasteiger partial charge < -0.3 is 39.2 Å². The van der Waals surface area contributed by atoms with E-state index in [4.69, 9.17) is 23.3 Å². The summed E-state index contributed by atoms with van der Waals surface area (Å²) in [6, 6.07) is 31.9. The lowest BCUT2D eigenvalue weighted by atomic mass is 9.97. The quantitative estimate of drug-likeness (QED) is 0.0661. The number of rotatable bonds is 22. The van der Waals surface area contributed by atoms with Crippen molar-refractivity contribution in [1.82, 2.24) is 16.0 Å². The van der Waals surface area contributed by atoms with Crippen LogP contribution in [0.2, 0.25) is 0 Å². The lowest BCUT2D eigenvalue weighted by molar-refractivity contribution is -0.130. The van der Waals surface area contributed by atoms with E-state index < -0.39 is 49.0 Å². The first kappa shape index (κ1) is 46.5. The SMILES string of the molecule is CCOP(=O)(OCC)[C@H](Cc1ccc(OCc2ccccc2)cc1)NC(=O)[C@H](Cc1ccc(OCc2ccccc2)cc1)NC(=O)[C@@H](NC(=O)OC(C)(C)C)[C@@H](C)CC. The average molecular weight is 830 g/mol. The Morgan fingerprint density at radius 1 is 0.610 bits per heavy atom. The van der Waals surface area contributed by atoms with E-state index in [9.17, 15) is 18.9 Å². The van der Waals surface area contributed by atoms with Gasteiger partial charge >= 0.3 is 13.7 Å². The van der Waals surface area contributed by atoms with Crippen LogP contribution < -0.4 is 25.4 Å². The lowest BCUT2D eigenvalue weighted by Gasteiger charge is -2.30. The number of nitrogens with one attached hydrogen (secondary N) is 3. The van der Waals surface area contributed by atoms with Crippen LogP contribution in [0.3, 0.4) is 0 Å². The molecule has 318 valence electrons. The molecule has 0 saturated heterocycles. The van der Waals surface area contributed by atoms with Crippen molar-refractivity contribution >= 4 is 25.5 Å². The van der Waals surface area contributed by atoms with E-state index >= 15 is 0 Å². The van der Waals surface area contributed by atoms with Gasteiger partial charge in [-0.3, -0.25) is 14.2 Å². The normalized spacial score (nSPS) is 13.6. The van der Waals surface area contributed by atoms with Crippen molar-refractivity contribution in [2.24, 2.45) is 5.92 Å². The average Bonchev–Trinajstić information content (AvgIpc) is 3.21. The molecule has 4 atom stereocenters. The highest BCUT2D eigenvalue weighted by molar-refractivity contribution is 7.54. The Hall–Kier alpha value is -5.16. The third kappa shape index (κ3) is 15.5. The molecule has 4 rings (SSSR count). The lowest BCUT2D eigenvalue weighted by Crippen LogP contribution is -2.57. The summed E-state index contributed by atoms with van der Waals surface area (Å²) in [4.78, 5) is 41.5. The zero-order valence-corrected chi connectivity index (χ0v) is 36.2. The molecule has 0 fully saturated rings. The number of hydrogen-bond donors (Lipinski definition) is 3. The highest BCUT2D eigenvalue weighted by Crippen LogP contribution is 2.53. The van der Waals surface area contributed by atoms with Gasteiger partial charge in [-0.05, 0) is 87.1 Å². The molecule has 59 heavy (non-hydrogen) atoms. The van der Waals surface area contributed by atoms with Gasteiger partial charge in [-0.15, -0.1) is 0 Å². The Bertz CT molecular complexity index is 1930. The van der Waals surface area contributed by atoms with Crippen molar-refractivity contribution in [2.75, 3.05) is 13.2 Å². The van der Waals surface area contributed by atoms with Gasteiger partial charge in [0, 0.05) is 12.8 Å². The second-order valence-corrected chi connectivity index (χ2v) is 17.4. The molecule has 0 aliphatic rings. The molecular formula is C46H60N3O9P. The molecule has 0 aromatic heterocycles. The van der Waals surface area contributed by atoms with E-state index in [1.165, 1.54) is 0 Å². The predicted octanol–water partition coefficient (Wildman–Crippen LogP) is 8.76. The van der Waals surface area contributed by atoms with Crippen LogP contribution in [0.25, 0.3) is 0 Å². The molecule has 13 heteroatoms. The smallest absolute Gasteiger partial charge is 0.408 e. The molecule has 3 amide bonds. The zero-order valence-electron chi connectivity index (χ0n) is 35.3. The van der Waals surface area contributed by atoms with Crippen LogP contribution in [-0.2, 0) is 54.0 Å². The number of amides is 3. The summed E-state index contributed by atoms with van der Waals surface area (Å²) < 4.78 is 43.3. The monoisotopic (exact) mass is 829 g/mol. The van der Waals surface area contributed by atoms with Crippen molar-refractivity contribution in [3.8, 4) is 11.5 Å². The standard InChI is InChI=1S/C46H60N3O9P/c1-8-33(4)42(49-45(52)58-46(5,6)7)44(51)47-40(29-34-21-25-38(26-22-34)54-31-36-17-13-11-14-18-36)43(50)48-41(59(53,56-9-2)57-10-3)30-35-23-27-39(28-24-35)55-32-37-19-15-12-16-20-37/h11-28,33,40-42H,8-10,29-32H2,1-7H3,(H,47,51)(H,48,50)(H,49,52)/t33-,40-,41+,42-/m0/s1. The van der Waals surface area contributed by atoms with Gasteiger partial charge in [0.05, 0.1) is 13.2 Å². The summed E-state index contributed by atoms with van der Waals surface area (Å²) in [5.41, 5.74) is 2.72. The molecule has 4 aromatic carbocycles. The predicted molar refractivity (Wildman–Crippen MR) is 229 cm³/mol. The summed E-state index contributed by atoms with van der Waals surface area (Å²) in [5.74, 6) is -1.35. The molecule has 0 bridgehead atoms. The molecular weight excluding hydrogens is 769 g/mol. The van der Waals surface area contributed by atoms with Crippen LogP contribution >= 0.6 is 7.60 Å². The highest BCUT2D eigenvalue weighted by atomic mass is 31.2. The summed E-state index contributed by atoms with van der Waals surface area (Å²) in [6.45, 7) is 13.3. The van der Waals surface area contributed by atoms with Crippen molar-refractivity contribution in [2.45, 2.75) is 104 Å². The molecule has 0 radical (unpaired) electrons. The van der Waals surface area contributed by atoms with Crippen molar-refractivity contribution in [1.29, 1.82) is 0 Å². The Kier molecular flexibility index (Phi) is 18.0. The molecule has 4 aromatic rings. The molecule has 0 heterocycles. The van der Waals surface area contributed by atoms with E-state index in [0.29, 0.717) is 31.1 Å². The van der Waals surface area contributed by atoms with E-state index in [1.54, 1.807) is 46.8 Å². The number of alkyl carbamates (subject to hydrolysis) is 1. The van der Waals surface area contributed by atoms with E-state index in [1.807, 2.05) is 111 Å². The summed E-state index contributed by atoms with van der Waals surface area (Å²) >= 11 is 0. The van der Waals surface area contributed by atoms with Gasteiger partial charge in [0.1, 0.15) is 48.2 Å². The number of carbonyl (C=O) groups excluding carboxylic acids is 3. The topological polar surface area (TPSA) is 151 Å². The van der Waals surface area contributed by atoms with E-state index in [2.05, 4.69) is 16.0 Å². The Balaban J connectivity index is 1.60. The first-order chi connectivity index (χ1) is 28.2. The minimum absolute atomic E-state index is 0.0595. The van der Waals surface area contributed by atoms with Crippen molar-refractivity contribution in [3.63, 3.8) is 0 Å². The van der Waals surface area contributed by atoms with Crippen LogP contribution in [0.5, 0.6) is 11.5 Å². The highest BCUT2D eigenvalue weighted by Gasteiger charge is 2.39. The van der Waals surface area contributed by atoms with Crippen LogP contribution in [0.4, 0.5) is 4.79 Å². The largest absolute Gasteiger partial charge is 0.489 e. The minimum atomic E-state index is -3.95. The third-order valence-electron chi connectivity index (χ3n) is 9.32. The first-order valence-electron chi connectivity index (χ1n) is 20.2. The van der Waals surface area contributed by atoms with Gasteiger partial charge in [-0.1, -0.05) is 105 Å². The van der Waals surface area contributed by atoms with Gasteiger partial charge in [0.15, 0.2) is 0 Å². The van der Waals surface area contributed by atoms with E-state index in [0.717, 1.165) is 22.3 Å². The maximum absolute atomic E-state index is 14.5. The fraction of sp³-hybridized carbons (Fsp3) is 0.413. The molecule has 0 saturated carbocycles. The second kappa shape index (κ2) is 22.8. The Labute approximate surface area is 349 Å². The van der Waals surface area contributed by atoms with Crippen molar-refractivity contribution < 1.29 is 42.2 Å². The van der Waals surface area contributed by atoms with Gasteiger partial charge in [0.2, 0.25) is 11.8 Å². The number of hydrogen-bond acceptors (Lipinski definition) is 9. The number of carbonyl (C=O) groups is 3. The molecule has 12 nitrogen and oxygen atoms in total. The molecule has 0 aliphatic carbocycles. The van der Waals surface area contributed by atoms with Gasteiger partial charge in [0.25, 0.3) is 0 Å². The maximum atomic E-state index is 14.5. The summed E-state index contributed by atoms with van der Waals surface area (Å²) in [7, 11) is -3.95. The molecule has 3 N–H and O–H groups in total. The minimum Gasteiger partial charge on any atom is -0.489 e. The molecule has 0 aliphatic heterocycles. The molecule has 0 spiro atoms. The van der Waals surface area contributed by atoms with Crippen LogP contribution in [-0.4, -0.2) is 54.6 Å². The first-order valence-corrected chi connectivity index (χ1v) is 21.8. The fourth-order valence-corrected chi connectivity index (χ4v) is 7.95. The van der Waals surface area contributed by atoms with Crippen LogP contribution in [0, 0.1) is 5.92 Å². The summed E-state index contributed by atoms with van der Waals surface area (Å²) in [5, 5.41) is 8.53. The number of benzene rings is 4. The maximum Gasteiger partial charge on any atom is 0.408 e. The Morgan fingerprint density at radius 2 is 1.08 bits per heavy atom. The second-order valence-electron chi connectivity index (χ2n) is 15.2. The van der Waals surface area contributed by atoms with Gasteiger partial charge in [-0.2, -0.15) is 0 Å².